The van der Waals surface area contributed by atoms with Crippen molar-refractivity contribution < 1.29 is 14.6 Å². The molecule has 0 aliphatic carbocycles. The number of benzene rings is 3. The van der Waals surface area contributed by atoms with Gasteiger partial charge >= 0.3 is 0 Å². The van der Waals surface area contributed by atoms with Gasteiger partial charge in [0.05, 0.1) is 20.3 Å². The quantitative estimate of drug-likeness (QED) is 0.529. The molecule has 4 nitrogen and oxygen atoms in total. The number of hydrogen-bond donors (Lipinski definition) is 1. The lowest BCUT2D eigenvalue weighted by molar-refractivity contribution is -0.0223. The fourth-order valence-electron chi connectivity index (χ4n) is 4.48. The van der Waals surface area contributed by atoms with E-state index < -0.39 is 5.60 Å². The number of morpholine rings is 1. The standard InChI is InChI=1S/C27H30ClNO3/c1-31-25-13-9-23(10-14-25)27(30,19-21-5-3-2-4-6-21)26(20-29-15-17-32-18-16-29)22-7-11-24(28)12-8-22/h2-14,26,30H,15-20H2,1H3/t26-,27-/m0/s1. The highest BCUT2D eigenvalue weighted by atomic mass is 35.5. The average Bonchev–Trinajstić information content (AvgIpc) is 2.84. The van der Waals surface area contributed by atoms with Gasteiger partial charge in [0, 0.05) is 37.0 Å². The normalized spacial score (nSPS) is 17.5. The van der Waals surface area contributed by atoms with Crippen molar-refractivity contribution in [1.29, 1.82) is 0 Å². The molecule has 1 aliphatic rings. The first-order chi connectivity index (χ1) is 15.6. The maximum absolute atomic E-state index is 12.5. The predicted octanol–water partition coefficient (Wildman–Crippen LogP) is 4.89. The van der Waals surface area contributed by atoms with Gasteiger partial charge in [-0.1, -0.05) is 66.2 Å². The number of methoxy groups -OCH3 is 1. The SMILES string of the molecule is COc1ccc([C@@](O)(Cc2ccccc2)[C@@H](CN2CCOCC2)c2ccc(Cl)cc2)cc1. The molecule has 1 heterocycles. The largest absolute Gasteiger partial charge is 0.497 e. The molecular weight excluding hydrogens is 422 g/mol. The van der Waals surface area contributed by atoms with Gasteiger partial charge in [0.15, 0.2) is 0 Å². The van der Waals surface area contributed by atoms with E-state index in [1.807, 2.05) is 66.7 Å². The topological polar surface area (TPSA) is 41.9 Å². The summed E-state index contributed by atoms with van der Waals surface area (Å²) in [6.45, 7) is 3.86. The van der Waals surface area contributed by atoms with Crippen LogP contribution in [0.2, 0.25) is 5.02 Å². The summed E-state index contributed by atoms with van der Waals surface area (Å²) in [6, 6.07) is 25.8. The van der Waals surface area contributed by atoms with Crippen molar-refractivity contribution >= 4 is 11.6 Å². The summed E-state index contributed by atoms with van der Waals surface area (Å²) in [4.78, 5) is 2.38. The maximum atomic E-state index is 12.5. The summed E-state index contributed by atoms with van der Waals surface area (Å²) in [5.41, 5.74) is 1.90. The highest BCUT2D eigenvalue weighted by Crippen LogP contribution is 2.41. The molecule has 1 N–H and O–H groups in total. The Balaban J connectivity index is 1.79. The van der Waals surface area contributed by atoms with E-state index >= 15 is 0 Å². The van der Waals surface area contributed by atoms with Gasteiger partial charge in [-0.2, -0.15) is 0 Å². The van der Waals surface area contributed by atoms with E-state index in [2.05, 4.69) is 17.0 Å². The number of halogens is 1. The Morgan fingerprint density at radius 2 is 1.62 bits per heavy atom. The summed E-state index contributed by atoms with van der Waals surface area (Å²) >= 11 is 6.20. The second kappa shape index (κ2) is 10.5. The molecule has 4 rings (SSSR count). The highest BCUT2D eigenvalue weighted by Gasteiger charge is 2.40. The number of ether oxygens (including phenoxy) is 2. The lowest BCUT2D eigenvalue weighted by Crippen LogP contribution is -2.45. The van der Waals surface area contributed by atoms with Gasteiger partial charge in [-0.05, 0) is 41.0 Å². The van der Waals surface area contributed by atoms with E-state index in [9.17, 15) is 5.11 Å². The van der Waals surface area contributed by atoms with Gasteiger partial charge in [0.2, 0.25) is 0 Å². The Bertz CT molecular complexity index is 972. The Kier molecular flexibility index (Phi) is 7.48. The third-order valence-electron chi connectivity index (χ3n) is 6.30. The molecule has 32 heavy (non-hydrogen) atoms. The van der Waals surface area contributed by atoms with Crippen LogP contribution in [0.4, 0.5) is 0 Å². The lowest BCUT2D eigenvalue weighted by atomic mass is 9.73. The molecule has 0 aromatic heterocycles. The molecule has 3 aromatic carbocycles. The molecule has 1 aliphatic heterocycles. The number of aliphatic hydroxyl groups is 1. The van der Waals surface area contributed by atoms with Crippen LogP contribution in [0.5, 0.6) is 5.75 Å². The first-order valence-corrected chi connectivity index (χ1v) is 11.4. The third kappa shape index (κ3) is 5.33. The molecule has 0 radical (unpaired) electrons. The minimum atomic E-state index is -1.13. The smallest absolute Gasteiger partial charge is 0.118 e. The first kappa shape index (κ1) is 22.8. The summed E-state index contributed by atoms with van der Waals surface area (Å²) in [5, 5.41) is 13.2. The monoisotopic (exact) mass is 451 g/mol. The van der Waals surface area contributed by atoms with Gasteiger partial charge in [-0.25, -0.2) is 0 Å². The van der Waals surface area contributed by atoms with Crippen LogP contribution in [0.1, 0.15) is 22.6 Å². The van der Waals surface area contributed by atoms with Crippen LogP contribution >= 0.6 is 11.6 Å². The zero-order valence-corrected chi connectivity index (χ0v) is 19.2. The predicted molar refractivity (Wildman–Crippen MR) is 128 cm³/mol. The van der Waals surface area contributed by atoms with Crippen LogP contribution in [-0.2, 0) is 16.8 Å². The van der Waals surface area contributed by atoms with Crippen LogP contribution < -0.4 is 4.74 Å². The minimum Gasteiger partial charge on any atom is -0.497 e. The van der Waals surface area contributed by atoms with Crippen molar-refractivity contribution in [2.75, 3.05) is 40.0 Å². The zero-order valence-electron chi connectivity index (χ0n) is 18.4. The molecule has 1 fully saturated rings. The molecule has 0 saturated carbocycles. The van der Waals surface area contributed by atoms with E-state index in [-0.39, 0.29) is 5.92 Å². The first-order valence-electron chi connectivity index (χ1n) is 11.0. The molecule has 1 saturated heterocycles. The fourth-order valence-corrected chi connectivity index (χ4v) is 4.61. The van der Waals surface area contributed by atoms with Crippen LogP contribution in [0.15, 0.2) is 78.9 Å². The van der Waals surface area contributed by atoms with E-state index in [0.29, 0.717) is 24.7 Å². The minimum absolute atomic E-state index is 0.161. The van der Waals surface area contributed by atoms with Crippen LogP contribution in [0.3, 0.4) is 0 Å². The average molecular weight is 452 g/mol. The molecule has 168 valence electrons. The van der Waals surface area contributed by atoms with Gasteiger partial charge < -0.3 is 14.6 Å². The Morgan fingerprint density at radius 3 is 2.25 bits per heavy atom. The van der Waals surface area contributed by atoms with Crippen LogP contribution in [0.25, 0.3) is 0 Å². The molecule has 5 heteroatoms. The molecule has 0 unspecified atom stereocenters. The summed E-state index contributed by atoms with van der Waals surface area (Å²) in [6.07, 6.45) is 0.498. The van der Waals surface area contributed by atoms with E-state index in [1.165, 1.54) is 0 Å². The lowest BCUT2D eigenvalue weighted by Gasteiger charge is -2.41. The molecule has 0 amide bonds. The van der Waals surface area contributed by atoms with Gasteiger partial charge in [0.25, 0.3) is 0 Å². The summed E-state index contributed by atoms with van der Waals surface area (Å²) in [5.74, 6) is 0.610. The molecule has 0 bridgehead atoms. The van der Waals surface area contributed by atoms with Crippen molar-refractivity contribution in [3.05, 3.63) is 101 Å². The second-order valence-corrected chi connectivity index (χ2v) is 8.77. The highest BCUT2D eigenvalue weighted by molar-refractivity contribution is 6.30. The zero-order chi connectivity index (χ0) is 22.4. The summed E-state index contributed by atoms with van der Waals surface area (Å²) < 4.78 is 10.9. The van der Waals surface area contributed by atoms with Crippen molar-refractivity contribution in [2.45, 2.75) is 17.9 Å². The summed E-state index contributed by atoms with van der Waals surface area (Å²) in [7, 11) is 1.65. The number of nitrogens with zero attached hydrogens (tertiary/aromatic N) is 1. The Morgan fingerprint density at radius 1 is 0.969 bits per heavy atom. The fraction of sp³-hybridized carbons (Fsp3) is 0.333. The molecule has 3 aromatic rings. The van der Waals surface area contributed by atoms with Crippen molar-refractivity contribution in [3.63, 3.8) is 0 Å². The Labute approximate surface area is 195 Å². The van der Waals surface area contributed by atoms with Crippen LogP contribution in [-0.4, -0.2) is 50.0 Å². The number of hydrogen-bond acceptors (Lipinski definition) is 4. The second-order valence-electron chi connectivity index (χ2n) is 8.33. The molecular formula is C27H30ClNO3. The van der Waals surface area contributed by atoms with Gasteiger partial charge in [-0.15, -0.1) is 0 Å². The van der Waals surface area contributed by atoms with E-state index in [4.69, 9.17) is 21.1 Å². The van der Waals surface area contributed by atoms with Crippen molar-refractivity contribution in [2.24, 2.45) is 0 Å². The molecule has 0 spiro atoms. The molecule has 2 atom stereocenters. The van der Waals surface area contributed by atoms with Crippen molar-refractivity contribution in [3.8, 4) is 5.75 Å². The van der Waals surface area contributed by atoms with E-state index in [0.717, 1.165) is 42.1 Å². The van der Waals surface area contributed by atoms with Crippen molar-refractivity contribution in [1.82, 2.24) is 4.90 Å². The van der Waals surface area contributed by atoms with Gasteiger partial charge in [0.1, 0.15) is 11.4 Å². The third-order valence-corrected chi connectivity index (χ3v) is 6.55. The van der Waals surface area contributed by atoms with Gasteiger partial charge in [-0.3, -0.25) is 4.90 Å². The van der Waals surface area contributed by atoms with Crippen LogP contribution in [0, 0.1) is 0 Å². The van der Waals surface area contributed by atoms with E-state index in [1.54, 1.807) is 7.11 Å². The maximum Gasteiger partial charge on any atom is 0.118 e. The Hall–Kier alpha value is -2.37. The number of rotatable bonds is 8.